The molecule has 3 atom stereocenters. The van der Waals surface area contributed by atoms with E-state index in [0.717, 1.165) is 26.1 Å². The van der Waals surface area contributed by atoms with E-state index in [-0.39, 0.29) is 6.04 Å². The molecule has 0 radical (unpaired) electrons. The minimum atomic E-state index is 0.114. The normalized spacial score (nSPS) is 27.7. The average molecular weight is 274 g/mol. The van der Waals surface area contributed by atoms with Gasteiger partial charge in [-0.2, -0.15) is 0 Å². The highest BCUT2D eigenvalue weighted by Gasteiger charge is 2.34. The van der Waals surface area contributed by atoms with Gasteiger partial charge >= 0.3 is 0 Å². The molecule has 0 spiro atoms. The molecule has 2 N–H and O–H groups in total. The number of benzene rings is 1. The number of aryl methyl sites for hydroxylation is 1. The van der Waals surface area contributed by atoms with Crippen molar-refractivity contribution in [2.75, 3.05) is 19.6 Å². The molecule has 2 saturated heterocycles. The summed E-state index contributed by atoms with van der Waals surface area (Å²) in [6.07, 6.45) is 5.70. The molecule has 3 nitrogen and oxygen atoms in total. The highest BCUT2D eigenvalue weighted by atomic mass is 16.5. The Kier molecular flexibility index (Phi) is 4.39. The zero-order valence-electron chi connectivity index (χ0n) is 12.4. The van der Waals surface area contributed by atoms with E-state index in [1.165, 1.54) is 30.4 Å². The van der Waals surface area contributed by atoms with Gasteiger partial charge in [0, 0.05) is 25.7 Å². The van der Waals surface area contributed by atoms with Crippen molar-refractivity contribution in [3.8, 4) is 0 Å². The van der Waals surface area contributed by atoms with Crippen molar-refractivity contribution < 1.29 is 4.74 Å². The lowest BCUT2D eigenvalue weighted by Crippen LogP contribution is -2.45. The fourth-order valence-corrected chi connectivity index (χ4v) is 3.45. The Morgan fingerprint density at radius 2 is 1.85 bits per heavy atom. The van der Waals surface area contributed by atoms with Gasteiger partial charge in [0.2, 0.25) is 0 Å². The van der Waals surface area contributed by atoms with Gasteiger partial charge in [-0.25, -0.2) is 0 Å². The maximum absolute atomic E-state index is 6.38. The van der Waals surface area contributed by atoms with Crippen LogP contribution in [0.25, 0.3) is 0 Å². The van der Waals surface area contributed by atoms with Gasteiger partial charge in [-0.3, -0.25) is 4.90 Å². The van der Waals surface area contributed by atoms with Crippen LogP contribution in [0.2, 0.25) is 0 Å². The molecule has 2 fully saturated rings. The molecular weight excluding hydrogens is 248 g/mol. The maximum atomic E-state index is 6.38. The average Bonchev–Trinajstić information content (AvgIpc) is 2.79. The lowest BCUT2D eigenvalue weighted by molar-refractivity contribution is -0.0397. The van der Waals surface area contributed by atoms with E-state index in [1.807, 2.05) is 0 Å². The van der Waals surface area contributed by atoms with Gasteiger partial charge in [-0.15, -0.1) is 0 Å². The number of hydrogen-bond donors (Lipinski definition) is 1. The number of rotatable bonds is 5. The van der Waals surface area contributed by atoms with Crippen molar-refractivity contribution in [3.05, 3.63) is 35.4 Å². The molecule has 2 aliphatic heterocycles. The summed E-state index contributed by atoms with van der Waals surface area (Å²) >= 11 is 0. The van der Waals surface area contributed by atoms with Crippen molar-refractivity contribution in [3.63, 3.8) is 0 Å². The van der Waals surface area contributed by atoms with E-state index < -0.39 is 0 Å². The molecule has 20 heavy (non-hydrogen) atoms. The monoisotopic (exact) mass is 274 g/mol. The summed E-state index contributed by atoms with van der Waals surface area (Å²) in [4.78, 5) is 2.48. The van der Waals surface area contributed by atoms with Crippen LogP contribution in [-0.4, -0.2) is 36.7 Å². The van der Waals surface area contributed by atoms with Gasteiger partial charge in [0.15, 0.2) is 0 Å². The highest BCUT2D eigenvalue weighted by Crippen LogP contribution is 2.27. The summed E-state index contributed by atoms with van der Waals surface area (Å²) in [7, 11) is 0. The van der Waals surface area contributed by atoms with Crippen LogP contribution in [-0.2, 0) is 11.2 Å². The maximum Gasteiger partial charge on any atom is 0.0707 e. The standard InChI is InChI=1S/C17H26N2O/c1-2-3-13-4-6-14(7-5-13)17(18)12-19-10-15-8-9-16(11-19)20-15/h4-7,15-17H,2-3,8-12,18H2,1H3. The molecule has 0 amide bonds. The van der Waals surface area contributed by atoms with Crippen molar-refractivity contribution in [1.82, 2.24) is 4.90 Å². The first-order valence-electron chi connectivity index (χ1n) is 7.97. The molecule has 0 saturated carbocycles. The molecule has 2 aliphatic rings. The number of hydrogen-bond acceptors (Lipinski definition) is 3. The SMILES string of the molecule is CCCc1ccc(C(N)CN2CC3CCC(C2)O3)cc1. The van der Waals surface area contributed by atoms with Crippen LogP contribution < -0.4 is 5.73 Å². The predicted molar refractivity (Wildman–Crippen MR) is 81.7 cm³/mol. The second-order valence-electron chi connectivity index (χ2n) is 6.27. The van der Waals surface area contributed by atoms with Gasteiger partial charge in [0.05, 0.1) is 12.2 Å². The lowest BCUT2D eigenvalue weighted by atomic mass is 10.0. The van der Waals surface area contributed by atoms with Crippen LogP contribution >= 0.6 is 0 Å². The Morgan fingerprint density at radius 3 is 2.45 bits per heavy atom. The van der Waals surface area contributed by atoms with Crippen LogP contribution in [0.15, 0.2) is 24.3 Å². The molecule has 0 aliphatic carbocycles. The Bertz CT molecular complexity index is 419. The number of fused-ring (bicyclic) bond motifs is 2. The molecule has 1 aromatic carbocycles. The fourth-order valence-electron chi connectivity index (χ4n) is 3.45. The third kappa shape index (κ3) is 3.22. The fraction of sp³-hybridized carbons (Fsp3) is 0.647. The van der Waals surface area contributed by atoms with E-state index in [0.29, 0.717) is 12.2 Å². The van der Waals surface area contributed by atoms with Crippen molar-refractivity contribution in [2.24, 2.45) is 5.73 Å². The number of nitrogens with zero attached hydrogens (tertiary/aromatic N) is 1. The zero-order chi connectivity index (χ0) is 13.9. The van der Waals surface area contributed by atoms with Gasteiger partial charge in [-0.1, -0.05) is 37.6 Å². The summed E-state index contributed by atoms with van der Waals surface area (Å²) < 4.78 is 5.87. The van der Waals surface area contributed by atoms with E-state index in [9.17, 15) is 0 Å². The molecule has 0 aromatic heterocycles. The predicted octanol–water partition coefficient (Wildman–Crippen LogP) is 2.50. The Balaban J connectivity index is 1.57. The Morgan fingerprint density at radius 1 is 1.20 bits per heavy atom. The summed E-state index contributed by atoms with van der Waals surface area (Å²) in [5.41, 5.74) is 9.04. The number of ether oxygens (including phenoxy) is 1. The summed E-state index contributed by atoms with van der Waals surface area (Å²) in [5.74, 6) is 0. The summed E-state index contributed by atoms with van der Waals surface area (Å²) in [6.45, 7) is 5.27. The Hall–Kier alpha value is -0.900. The van der Waals surface area contributed by atoms with Gasteiger partial charge in [0.25, 0.3) is 0 Å². The second kappa shape index (κ2) is 6.25. The summed E-state index contributed by atoms with van der Waals surface area (Å²) in [5, 5.41) is 0. The molecule has 3 unspecified atom stereocenters. The van der Waals surface area contributed by atoms with Crippen LogP contribution in [0, 0.1) is 0 Å². The summed E-state index contributed by atoms with van der Waals surface area (Å²) in [6, 6.07) is 8.96. The molecule has 110 valence electrons. The van der Waals surface area contributed by atoms with Crippen molar-refractivity contribution in [2.45, 2.75) is 50.9 Å². The minimum absolute atomic E-state index is 0.114. The van der Waals surface area contributed by atoms with Crippen LogP contribution in [0.3, 0.4) is 0 Å². The topological polar surface area (TPSA) is 38.5 Å². The third-order valence-corrected chi connectivity index (χ3v) is 4.52. The number of nitrogens with two attached hydrogens (primary N) is 1. The van der Waals surface area contributed by atoms with E-state index >= 15 is 0 Å². The molecule has 2 bridgehead atoms. The van der Waals surface area contributed by atoms with Crippen LogP contribution in [0.1, 0.15) is 43.4 Å². The Labute approximate surface area is 122 Å². The molecular formula is C17H26N2O. The second-order valence-corrected chi connectivity index (χ2v) is 6.27. The molecule has 3 heteroatoms. The van der Waals surface area contributed by atoms with Crippen LogP contribution in [0.5, 0.6) is 0 Å². The molecule has 3 rings (SSSR count). The first-order valence-corrected chi connectivity index (χ1v) is 7.97. The van der Waals surface area contributed by atoms with Crippen molar-refractivity contribution >= 4 is 0 Å². The van der Waals surface area contributed by atoms with Crippen LogP contribution in [0.4, 0.5) is 0 Å². The largest absolute Gasteiger partial charge is 0.372 e. The first kappa shape index (κ1) is 14.1. The highest BCUT2D eigenvalue weighted by molar-refractivity contribution is 5.25. The van der Waals surface area contributed by atoms with E-state index in [2.05, 4.69) is 36.1 Å². The number of morpholine rings is 1. The van der Waals surface area contributed by atoms with Gasteiger partial charge in [-0.05, 0) is 30.4 Å². The lowest BCUT2D eigenvalue weighted by Gasteiger charge is -2.33. The quantitative estimate of drug-likeness (QED) is 0.896. The van der Waals surface area contributed by atoms with E-state index in [1.54, 1.807) is 0 Å². The van der Waals surface area contributed by atoms with Gasteiger partial charge in [0.1, 0.15) is 0 Å². The molecule has 2 heterocycles. The third-order valence-electron chi connectivity index (χ3n) is 4.52. The van der Waals surface area contributed by atoms with Gasteiger partial charge < -0.3 is 10.5 Å². The minimum Gasteiger partial charge on any atom is -0.372 e. The zero-order valence-corrected chi connectivity index (χ0v) is 12.4. The molecule has 1 aromatic rings. The van der Waals surface area contributed by atoms with E-state index in [4.69, 9.17) is 10.5 Å². The van der Waals surface area contributed by atoms with Crippen molar-refractivity contribution in [1.29, 1.82) is 0 Å². The smallest absolute Gasteiger partial charge is 0.0707 e. The first-order chi connectivity index (χ1) is 9.74. The number of likely N-dealkylation sites (tertiary alicyclic amines) is 1.